The summed E-state index contributed by atoms with van der Waals surface area (Å²) in [5.74, 6) is -0.218. The third-order valence-corrected chi connectivity index (χ3v) is 6.06. The Morgan fingerprint density at radius 3 is 2.25 bits per heavy atom. The zero-order valence-corrected chi connectivity index (χ0v) is 14.2. The molecule has 0 N–H and O–H groups in total. The molecule has 0 amide bonds. The van der Waals surface area contributed by atoms with Gasteiger partial charge in [-0.3, -0.25) is 0 Å². The summed E-state index contributed by atoms with van der Waals surface area (Å²) in [6.45, 7) is 1.99. The maximum atomic E-state index is 12.1. The van der Waals surface area contributed by atoms with E-state index in [4.69, 9.17) is 0 Å². The van der Waals surface area contributed by atoms with Gasteiger partial charge in [-0.1, -0.05) is 28.1 Å². The van der Waals surface area contributed by atoms with Crippen LogP contribution < -0.4 is 4.74 Å². The van der Waals surface area contributed by atoms with Crippen molar-refractivity contribution in [2.24, 2.45) is 0 Å². The predicted octanol–water partition coefficient (Wildman–Crippen LogP) is 6.20. The molecule has 7 heteroatoms. The number of ether oxygens (including phenoxy) is 1. The highest BCUT2D eigenvalue weighted by Crippen LogP contribution is 2.39. The van der Waals surface area contributed by atoms with E-state index >= 15 is 0 Å². The van der Waals surface area contributed by atoms with Crippen molar-refractivity contribution in [3.63, 3.8) is 0 Å². The first-order valence-electron chi connectivity index (χ1n) is 5.52. The molecule has 0 aliphatic rings. The Bertz CT molecular complexity index is 573. The van der Waals surface area contributed by atoms with Crippen LogP contribution in [0.4, 0.5) is 13.2 Å². The molecule has 0 aliphatic heterocycles. The van der Waals surface area contributed by atoms with Crippen LogP contribution in [0, 0.1) is 6.92 Å². The molecule has 1 aromatic heterocycles. The standard InChI is InChI=1S/C13H9Br2F3OS/c1-7-6-10(20-12(7)15)11(14)8-2-4-9(5-3-8)19-13(16,17)18/h2-6,11H,1H3. The Kier molecular flexibility index (Phi) is 4.81. The molecule has 1 aromatic carbocycles. The second kappa shape index (κ2) is 6.07. The van der Waals surface area contributed by atoms with Crippen LogP contribution in [0.3, 0.4) is 0 Å². The van der Waals surface area contributed by atoms with Crippen LogP contribution in [0.25, 0.3) is 0 Å². The van der Waals surface area contributed by atoms with E-state index in [1.807, 2.05) is 13.0 Å². The number of hydrogen-bond acceptors (Lipinski definition) is 2. The van der Waals surface area contributed by atoms with Gasteiger partial charge < -0.3 is 4.74 Å². The summed E-state index contributed by atoms with van der Waals surface area (Å²) in [6.07, 6.45) is -4.66. The van der Waals surface area contributed by atoms with Crippen LogP contribution in [0.5, 0.6) is 5.75 Å². The Hall–Kier alpha value is -0.530. The van der Waals surface area contributed by atoms with Crippen molar-refractivity contribution >= 4 is 43.2 Å². The van der Waals surface area contributed by atoms with Gasteiger partial charge in [0.2, 0.25) is 0 Å². The minimum Gasteiger partial charge on any atom is -0.406 e. The smallest absolute Gasteiger partial charge is 0.406 e. The number of thiophene rings is 1. The number of benzene rings is 1. The van der Waals surface area contributed by atoms with Gasteiger partial charge in [-0.15, -0.1) is 24.5 Å². The molecule has 0 radical (unpaired) electrons. The van der Waals surface area contributed by atoms with E-state index < -0.39 is 6.36 Å². The molecule has 20 heavy (non-hydrogen) atoms. The van der Waals surface area contributed by atoms with Crippen molar-refractivity contribution in [3.05, 3.63) is 50.1 Å². The Labute approximate surface area is 135 Å². The minimum atomic E-state index is -4.66. The van der Waals surface area contributed by atoms with Crippen LogP contribution >= 0.6 is 43.2 Å². The van der Waals surface area contributed by atoms with E-state index in [9.17, 15) is 13.2 Å². The normalized spacial score (nSPS) is 13.3. The van der Waals surface area contributed by atoms with Gasteiger partial charge in [-0.25, -0.2) is 0 Å². The highest BCUT2D eigenvalue weighted by Gasteiger charge is 2.31. The summed E-state index contributed by atoms with van der Waals surface area (Å²) in [7, 11) is 0. The lowest BCUT2D eigenvalue weighted by atomic mass is 10.1. The Morgan fingerprint density at radius 1 is 1.20 bits per heavy atom. The lowest BCUT2D eigenvalue weighted by Gasteiger charge is -2.11. The van der Waals surface area contributed by atoms with Crippen molar-refractivity contribution in [1.29, 1.82) is 0 Å². The molecular weight excluding hydrogens is 421 g/mol. The van der Waals surface area contributed by atoms with Crippen LogP contribution in [0.15, 0.2) is 34.1 Å². The van der Waals surface area contributed by atoms with Crippen LogP contribution in [0.2, 0.25) is 0 Å². The summed E-state index contributed by atoms with van der Waals surface area (Å²) in [5, 5.41) is 0. The molecule has 108 valence electrons. The molecule has 0 saturated heterocycles. The maximum absolute atomic E-state index is 12.1. The highest BCUT2D eigenvalue weighted by atomic mass is 79.9. The van der Waals surface area contributed by atoms with Gasteiger partial charge in [0.05, 0.1) is 8.61 Å². The second-order valence-electron chi connectivity index (χ2n) is 4.08. The van der Waals surface area contributed by atoms with Gasteiger partial charge in [0.15, 0.2) is 0 Å². The van der Waals surface area contributed by atoms with Gasteiger partial charge in [0.25, 0.3) is 0 Å². The predicted molar refractivity (Wildman–Crippen MR) is 80.7 cm³/mol. The topological polar surface area (TPSA) is 9.23 Å². The molecule has 0 spiro atoms. The van der Waals surface area contributed by atoms with Gasteiger partial charge in [0.1, 0.15) is 5.75 Å². The fourth-order valence-electron chi connectivity index (χ4n) is 1.61. The molecule has 0 fully saturated rings. The van der Waals surface area contributed by atoms with Gasteiger partial charge in [-0.05, 0) is 52.2 Å². The van der Waals surface area contributed by atoms with E-state index in [2.05, 4.69) is 36.6 Å². The molecular formula is C13H9Br2F3OS. The molecule has 0 saturated carbocycles. The summed E-state index contributed by atoms with van der Waals surface area (Å²) in [6, 6.07) is 7.89. The number of hydrogen-bond donors (Lipinski definition) is 0. The molecule has 1 atom stereocenters. The zero-order valence-electron chi connectivity index (χ0n) is 10.2. The number of alkyl halides is 4. The first-order chi connectivity index (χ1) is 9.26. The van der Waals surface area contributed by atoms with Crippen molar-refractivity contribution < 1.29 is 17.9 Å². The highest BCUT2D eigenvalue weighted by molar-refractivity contribution is 9.11. The third kappa shape index (κ3) is 3.99. The fourth-order valence-corrected chi connectivity index (χ4v) is 3.91. The lowest BCUT2D eigenvalue weighted by Crippen LogP contribution is -2.17. The Balaban J connectivity index is 2.17. The van der Waals surface area contributed by atoms with Crippen molar-refractivity contribution in [1.82, 2.24) is 0 Å². The zero-order chi connectivity index (χ0) is 14.9. The van der Waals surface area contributed by atoms with Crippen LogP contribution in [0.1, 0.15) is 20.8 Å². The first kappa shape index (κ1) is 15.9. The van der Waals surface area contributed by atoms with Crippen molar-refractivity contribution in [2.45, 2.75) is 18.1 Å². The summed E-state index contributed by atoms with van der Waals surface area (Å²) >= 11 is 8.60. The first-order valence-corrected chi connectivity index (χ1v) is 8.04. The monoisotopic (exact) mass is 428 g/mol. The second-order valence-corrected chi connectivity index (χ2v) is 7.40. The molecule has 1 heterocycles. The average molecular weight is 430 g/mol. The van der Waals surface area contributed by atoms with Gasteiger partial charge in [0, 0.05) is 4.88 Å². The number of rotatable bonds is 3. The van der Waals surface area contributed by atoms with Crippen LogP contribution in [-0.2, 0) is 0 Å². The molecule has 0 bridgehead atoms. The van der Waals surface area contributed by atoms with Crippen molar-refractivity contribution in [2.75, 3.05) is 0 Å². The third-order valence-electron chi connectivity index (χ3n) is 2.53. The molecule has 2 rings (SSSR count). The quantitative estimate of drug-likeness (QED) is 0.527. The summed E-state index contributed by atoms with van der Waals surface area (Å²) < 4.78 is 41.1. The average Bonchev–Trinajstić information content (AvgIpc) is 2.68. The molecule has 1 unspecified atom stereocenters. The Morgan fingerprint density at radius 2 is 1.80 bits per heavy atom. The van der Waals surface area contributed by atoms with E-state index in [1.54, 1.807) is 23.5 Å². The number of halogens is 5. The minimum absolute atomic E-state index is 0.0579. The molecule has 1 nitrogen and oxygen atoms in total. The summed E-state index contributed by atoms with van der Waals surface area (Å²) in [5.41, 5.74) is 2.00. The van der Waals surface area contributed by atoms with E-state index in [0.717, 1.165) is 19.8 Å². The molecule has 2 aromatic rings. The SMILES string of the molecule is Cc1cc(C(Br)c2ccc(OC(F)(F)F)cc2)sc1Br. The van der Waals surface area contributed by atoms with Crippen molar-refractivity contribution in [3.8, 4) is 5.75 Å². The lowest BCUT2D eigenvalue weighted by molar-refractivity contribution is -0.274. The van der Waals surface area contributed by atoms with E-state index in [-0.39, 0.29) is 10.6 Å². The molecule has 0 aliphatic carbocycles. The fraction of sp³-hybridized carbons (Fsp3) is 0.231. The van der Waals surface area contributed by atoms with Gasteiger partial charge >= 0.3 is 6.36 Å². The maximum Gasteiger partial charge on any atom is 0.573 e. The van der Waals surface area contributed by atoms with E-state index in [1.165, 1.54) is 12.1 Å². The largest absolute Gasteiger partial charge is 0.573 e. The van der Waals surface area contributed by atoms with E-state index in [0.29, 0.717) is 0 Å². The summed E-state index contributed by atoms with van der Waals surface area (Å²) in [4.78, 5) is 1.02. The van der Waals surface area contributed by atoms with Gasteiger partial charge in [-0.2, -0.15) is 0 Å². The number of aryl methyl sites for hydroxylation is 1. The van der Waals surface area contributed by atoms with Crippen LogP contribution in [-0.4, -0.2) is 6.36 Å².